The second-order valence-corrected chi connectivity index (χ2v) is 3.00. The van der Waals surface area contributed by atoms with E-state index in [0.29, 0.717) is 5.02 Å². The molecule has 0 aliphatic carbocycles. The lowest BCUT2D eigenvalue weighted by atomic mass is 10.1. The topological polar surface area (TPSA) is 85.4 Å². The number of carbonyl (C=O) groups is 1. The van der Waals surface area contributed by atoms with Crippen LogP contribution in [0.1, 0.15) is 11.6 Å². The Morgan fingerprint density at radius 2 is 2.43 bits per heavy atom. The first kappa shape index (κ1) is 10.7. The van der Waals surface area contributed by atoms with E-state index in [1.807, 2.05) is 0 Å². The highest BCUT2D eigenvalue weighted by molar-refractivity contribution is 6.30. The number of pyridine rings is 1. The number of nitrogens with two attached hydrogens (primary N) is 1. The van der Waals surface area contributed by atoms with Crippen molar-refractivity contribution in [2.24, 2.45) is 5.73 Å². The number of nitrogens with zero attached hydrogens (tertiary/aromatic N) is 1. The van der Waals surface area contributed by atoms with Crippen molar-refractivity contribution in [2.45, 2.75) is 6.04 Å². The number of aromatic nitrogens is 1. The molecule has 0 bridgehead atoms. The molecular formula is C8H9ClN2O3. The number of hydrogen-bond donors (Lipinski definition) is 2. The van der Waals surface area contributed by atoms with Gasteiger partial charge in [-0.05, 0) is 6.07 Å². The molecule has 0 fully saturated rings. The predicted molar refractivity (Wildman–Crippen MR) is 50.4 cm³/mol. The van der Waals surface area contributed by atoms with Gasteiger partial charge < -0.3 is 15.6 Å². The van der Waals surface area contributed by atoms with Crippen LogP contribution >= 0.6 is 11.6 Å². The first-order chi connectivity index (χ1) is 6.56. The fourth-order valence-corrected chi connectivity index (χ4v) is 1.14. The maximum absolute atomic E-state index is 10.6. The number of hydrogen-bond acceptors (Lipinski definition) is 4. The van der Waals surface area contributed by atoms with Gasteiger partial charge in [-0.2, -0.15) is 0 Å². The Bertz CT molecular complexity index is 356. The maximum atomic E-state index is 10.6. The van der Waals surface area contributed by atoms with Gasteiger partial charge in [0.2, 0.25) is 5.88 Å². The second-order valence-electron chi connectivity index (χ2n) is 2.57. The fraction of sp³-hybridized carbons (Fsp3) is 0.250. The molecule has 0 aliphatic rings. The Morgan fingerprint density at radius 3 is 2.93 bits per heavy atom. The Hall–Kier alpha value is -1.33. The summed E-state index contributed by atoms with van der Waals surface area (Å²) >= 11 is 5.66. The standard InChI is InChI=1S/C8H9ClN2O3/c1-14-7-5(6(10)8(12)13)2-4(9)3-11-7/h2-3,6H,10H2,1H3,(H,12,13). The van der Waals surface area contributed by atoms with Crippen LogP contribution in [0.2, 0.25) is 5.02 Å². The van der Waals surface area contributed by atoms with Crippen LogP contribution in [-0.4, -0.2) is 23.2 Å². The molecule has 0 amide bonds. The summed E-state index contributed by atoms with van der Waals surface area (Å²) in [6.07, 6.45) is 1.36. The van der Waals surface area contributed by atoms with Gasteiger partial charge in [0.15, 0.2) is 0 Å². The summed E-state index contributed by atoms with van der Waals surface area (Å²) < 4.78 is 4.86. The highest BCUT2D eigenvalue weighted by Crippen LogP contribution is 2.24. The number of methoxy groups -OCH3 is 1. The Labute approximate surface area is 85.5 Å². The number of carboxylic acids is 1. The lowest BCUT2D eigenvalue weighted by molar-refractivity contribution is -0.138. The minimum absolute atomic E-state index is 0.171. The van der Waals surface area contributed by atoms with E-state index < -0.39 is 12.0 Å². The quantitative estimate of drug-likeness (QED) is 0.782. The molecule has 1 aromatic heterocycles. The summed E-state index contributed by atoms with van der Waals surface area (Å²) in [5.74, 6) is -0.989. The van der Waals surface area contributed by atoms with Gasteiger partial charge in [0.05, 0.1) is 12.1 Å². The molecule has 6 heteroatoms. The summed E-state index contributed by atoms with van der Waals surface area (Å²) in [7, 11) is 1.38. The van der Waals surface area contributed by atoms with Crippen molar-refractivity contribution in [3.05, 3.63) is 22.8 Å². The average Bonchev–Trinajstić information content (AvgIpc) is 2.16. The van der Waals surface area contributed by atoms with Gasteiger partial charge in [-0.25, -0.2) is 4.98 Å². The van der Waals surface area contributed by atoms with Gasteiger partial charge >= 0.3 is 5.97 Å². The van der Waals surface area contributed by atoms with E-state index in [-0.39, 0.29) is 11.4 Å². The molecule has 1 unspecified atom stereocenters. The summed E-state index contributed by atoms with van der Waals surface area (Å²) in [5.41, 5.74) is 5.66. The van der Waals surface area contributed by atoms with Gasteiger partial charge in [-0.3, -0.25) is 4.79 Å². The van der Waals surface area contributed by atoms with E-state index in [1.165, 1.54) is 19.4 Å². The zero-order valence-electron chi connectivity index (χ0n) is 7.40. The SMILES string of the molecule is COc1ncc(Cl)cc1C(N)C(=O)O. The zero-order valence-corrected chi connectivity index (χ0v) is 8.15. The Balaban J connectivity index is 3.16. The molecule has 1 aromatic rings. The van der Waals surface area contributed by atoms with Crippen LogP contribution in [-0.2, 0) is 4.79 Å². The number of aliphatic carboxylic acids is 1. The molecular weight excluding hydrogens is 208 g/mol. The summed E-state index contributed by atoms with van der Waals surface area (Å²) in [4.78, 5) is 14.4. The fourth-order valence-electron chi connectivity index (χ4n) is 0.969. The molecule has 0 spiro atoms. The highest BCUT2D eigenvalue weighted by Gasteiger charge is 2.20. The molecule has 0 aromatic carbocycles. The predicted octanol–water partition coefficient (Wildman–Crippen LogP) is 0.828. The summed E-state index contributed by atoms with van der Waals surface area (Å²) in [5, 5.41) is 9.01. The molecule has 76 valence electrons. The van der Waals surface area contributed by atoms with Crippen molar-refractivity contribution in [3.63, 3.8) is 0 Å². The number of rotatable bonds is 3. The van der Waals surface area contributed by atoms with E-state index in [0.717, 1.165) is 0 Å². The van der Waals surface area contributed by atoms with E-state index in [9.17, 15) is 4.79 Å². The molecule has 1 heterocycles. The molecule has 3 N–H and O–H groups in total. The van der Waals surface area contributed by atoms with Crippen LogP contribution in [0.15, 0.2) is 12.3 Å². The lowest BCUT2D eigenvalue weighted by Gasteiger charge is -2.10. The number of ether oxygens (including phenoxy) is 1. The van der Waals surface area contributed by atoms with E-state index in [2.05, 4.69) is 4.98 Å². The normalized spacial score (nSPS) is 12.2. The number of carboxylic acid groups (broad SMARTS) is 1. The van der Waals surface area contributed by atoms with Crippen molar-refractivity contribution >= 4 is 17.6 Å². The third-order valence-electron chi connectivity index (χ3n) is 1.64. The van der Waals surface area contributed by atoms with E-state index >= 15 is 0 Å². The summed E-state index contributed by atoms with van der Waals surface area (Å²) in [6.45, 7) is 0. The third-order valence-corrected chi connectivity index (χ3v) is 1.85. The maximum Gasteiger partial charge on any atom is 0.325 e. The van der Waals surface area contributed by atoms with Gasteiger partial charge in [-0.15, -0.1) is 0 Å². The molecule has 0 radical (unpaired) electrons. The van der Waals surface area contributed by atoms with Crippen LogP contribution in [0.4, 0.5) is 0 Å². The highest BCUT2D eigenvalue weighted by atomic mass is 35.5. The molecule has 5 nitrogen and oxygen atoms in total. The van der Waals surface area contributed by atoms with Crippen LogP contribution in [0.3, 0.4) is 0 Å². The van der Waals surface area contributed by atoms with Crippen molar-refractivity contribution < 1.29 is 14.6 Å². The minimum atomic E-state index is -1.18. The molecule has 0 saturated carbocycles. The van der Waals surface area contributed by atoms with E-state index in [1.54, 1.807) is 0 Å². The molecule has 0 aliphatic heterocycles. The zero-order chi connectivity index (χ0) is 10.7. The Kier molecular flexibility index (Phi) is 3.27. The Morgan fingerprint density at radius 1 is 1.79 bits per heavy atom. The van der Waals surface area contributed by atoms with Crippen molar-refractivity contribution in [1.82, 2.24) is 4.98 Å². The number of halogens is 1. The summed E-state index contributed by atoms with van der Waals surface area (Å²) in [6, 6.07) is 0.239. The van der Waals surface area contributed by atoms with Gasteiger partial charge in [0, 0.05) is 11.8 Å². The van der Waals surface area contributed by atoms with Crippen LogP contribution in [0, 0.1) is 0 Å². The van der Waals surface area contributed by atoms with E-state index in [4.69, 9.17) is 27.2 Å². The molecule has 1 atom stereocenters. The van der Waals surface area contributed by atoms with Gasteiger partial charge in [0.25, 0.3) is 0 Å². The van der Waals surface area contributed by atoms with Crippen LogP contribution in [0.5, 0.6) is 5.88 Å². The monoisotopic (exact) mass is 216 g/mol. The van der Waals surface area contributed by atoms with Crippen molar-refractivity contribution in [2.75, 3.05) is 7.11 Å². The molecule has 0 saturated heterocycles. The third kappa shape index (κ3) is 2.12. The lowest BCUT2D eigenvalue weighted by Crippen LogP contribution is -2.21. The molecule has 1 rings (SSSR count). The first-order valence-electron chi connectivity index (χ1n) is 3.74. The van der Waals surface area contributed by atoms with Crippen LogP contribution < -0.4 is 10.5 Å². The minimum Gasteiger partial charge on any atom is -0.481 e. The molecule has 14 heavy (non-hydrogen) atoms. The van der Waals surface area contributed by atoms with Gasteiger partial charge in [0.1, 0.15) is 6.04 Å². The smallest absolute Gasteiger partial charge is 0.325 e. The van der Waals surface area contributed by atoms with Crippen LogP contribution in [0.25, 0.3) is 0 Å². The van der Waals surface area contributed by atoms with Gasteiger partial charge in [-0.1, -0.05) is 11.6 Å². The van der Waals surface area contributed by atoms with Crippen molar-refractivity contribution in [1.29, 1.82) is 0 Å². The average molecular weight is 217 g/mol. The largest absolute Gasteiger partial charge is 0.481 e. The first-order valence-corrected chi connectivity index (χ1v) is 4.12. The van der Waals surface area contributed by atoms with Crippen molar-refractivity contribution in [3.8, 4) is 5.88 Å². The second kappa shape index (κ2) is 4.26.